The van der Waals surface area contributed by atoms with Crippen LogP contribution in [0.3, 0.4) is 0 Å². The molecule has 1 aliphatic heterocycles. The third kappa shape index (κ3) is 3.06. The summed E-state index contributed by atoms with van der Waals surface area (Å²) >= 11 is 0. The summed E-state index contributed by atoms with van der Waals surface area (Å²) in [5.41, 5.74) is 1.39. The van der Waals surface area contributed by atoms with Crippen LogP contribution in [0.4, 0.5) is 0 Å². The number of ether oxygens (including phenoxy) is 4. The number of benzene rings is 1. The molecule has 2 heterocycles. The average Bonchev–Trinajstić information content (AvgIpc) is 3.24. The van der Waals surface area contributed by atoms with E-state index in [1.807, 2.05) is 18.2 Å². The van der Waals surface area contributed by atoms with E-state index in [0.717, 1.165) is 11.3 Å². The van der Waals surface area contributed by atoms with Crippen LogP contribution < -0.4 is 9.47 Å². The second-order valence-corrected chi connectivity index (χ2v) is 5.17. The molecular formula is C17H16N2O6. The monoisotopic (exact) mass is 344 g/mol. The smallest absolute Gasteiger partial charge is 0.345 e. The number of carbonyl (C=O) groups excluding carboxylic acids is 2. The van der Waals surface area contributed by atoms with Crippen molar-refractivity contribution in [1.82, 2.24) is 9.55 Å². The van der Waals surface area contributed by atoms with Crippen molar-refractivity contribution in [3.63, 3.8) is 0 Å². The predicted octanol–water partition coefficient (Wildman–Crippen LogP) is 1.55. The Morgan fingerprint density at radius 3 is 2.52 bits per heavy atom. The molecule has 0 amide bonds. The van der Waals surface area contributed by atoms with E-state index in [4.69, 9.17) is 9.47 Å². The average molecular weight is 344 g/mol. The third-order valence-corrected chi connectivity index (χ3v) is 3.78. The summed E-state index contributed by atoms with van der Waals surface area (Å²) in [7, 11) is 4.15. The number of fused-ring (bicyclic) bond motifs is 1. The molecule has 0 atom stereocenters. The highest BCUT2D eigenvalue weighted by Crippen LogP contribution is 2.36. The molecule has 1 aromatic carbocycles. The maximum atomic E-state index is 11.8. The minimum absolute atomic E-state index is 0.194. The van der Waals surface area contributed by atoms with Crippen LogP contribution >= 0.6 is 0 Å². The van der Waals surface area contributed by atoms with E-state index in [9.17, 15) is 9.59 Å². The zero-order valence-corrected chi connectivity index (χ0v) is 13.9. The van der Waals surface area contributed by atoms with Crippen LogP contribution in [0.1, 0.15) is 5.82 Å². The van der Waals surface area contributed by atoms with Crippen molar-refractivity contribution < 1.29 is 28.5 Å². The van der Waals surface area contributed by atoms with Crippen LogP contribution in [0.2, 0.25) is 0 Å². The SMILES string of the molecule is COC(=O)C(=Cc1ncc(-c2ccc3c(c2)OCO3)n1C)C(=O)OC. The highest BCUT2D eigenvalue weighted by atomic mass is 16.7. The molecule has 0 bridgehead atoms. The molecule has 0 N–H and O–H groups in total. The highest BCUT2D eigenvalue weighted by molar-refractivity contribution is 6.17. The van der Waals surface area contributed by atoms with E-state index in [2.05, 4.69) is 14.5 Å². The Morgan fingerprint density at radius 1 is 1.16 bits per heavy atom. The van der Waals surface area contributed by atoms with E-state index in [0.29, 0.717) is 17.3 Å². The molecule has 1 aromatic heterocycles. The van der Waals surface area contributed by atoms with Crippen LogP contribution in [0, 0.1) is 0 Å². The van der Waals surface area contributed by atoms with Gasteiger partial charge >= 0.3 is 11.9 Å². The maximum Gasteiger partial charge on any atom is 0.345 e. The maximum absolute atomic E-state index is 11.8. The highest BCUT2D eigenvalue weighted by Gasteiger charge is 2.21. The van der Waals surface area contributed by atoms with Crippen LogP contribution in [0.25, 0.3) is 17.3 Å². The van der Waals surface area contributed by atoms with Gasteiger partial charge in [-0.15, -0.1) is 0 Å². The van der Waals surface area contributed by atoms with E-state index >= 15 is 0 Å². The number of aromatic nitrogens is 2. The predicted molar refractivity (Wildman–Crippen MR) is 86.8 cm³/mol. The lowest BCUT2D eigenvalue weighted by Gasteiger charge is -2.06. The van der Waals surface area contributed by atoms with E-state index in [1.54, 1.807) is 17.8 Å². The molecule has 0 fully saturated rings. The van der Waals surface area contributed by atoms with Gasteiger partial charge in [-0.3, -0.25) is 0 Å². The minimum Gasteiger partial charge on any atom is -0.465 e. The largest absolute Gasteiger partial charge is 0.465 e. The number of imidazole rings is 1. The Labute approximate surface area is 143 Å². The zero-order chi connectivity index (χ0) is 18.0. The molecule has 2 aromatic rings. The van der Waals surface area contributed by atoms with Gasteiger partial charge in [0.1, 0.15) is 11.4 Å². The molecule has 8 nitrogen and oxygen atoms in total. The van der Waals surface area contributed by atoms with E-state index < -0.39 is 11.9 Å². The summed E-state index contributed by atoms with van der Waals surface area (Å²) in [5.74, 6) is 0.155. The van der Waals surface area contributed by atoms with E-state index in [1.165, 1.54) is 20.3 Å². The van der Waals surface area contributed by atoms with Gasteiger partial charge in [0.15, 0.2) is 11.5 Å². The summed E-state index contributed by atoms with van der Waals surface area (Å²) in [5, 5.41) is 0. The summed E-state index contributed by atoms with van der Waals surface area (Å²) in [6.45, 7) is 0.194. The van der Waals surface area contributed by atoms with Crippen molar-refractivity contribution in [2.24, 2.45) is 7.05 Å². The standard InChI is InChI=1S/C17H16N2O6/c1-19-12(10-4-5-13-14(6-10)25-9-24-13)8-18-15(19)7-11(16(20)22-2)17(21)23-3/h4-8H,9H2,1-3H3. The summed E-state index contributed by atoms with van der Waals surface area (Å²) in [6.07, 6.45) is 2.96. The third-order valence-electron chi connectivity index (χ3n) is 3.78. The van der Waals surface area contributed by atoms with Gasteiger partial charge in [-0.05, 0) is 18.2 Å². The lowest BCUT2D eigenvalue weighted by molar-refractivity contribution is -0.143. The van der Waals surface area contributed by atoms with Gasteiger partial charge in [-0.1, -0.05) is 0 Å². The number of hydrogen-bond donors (Lipinski definition) is 0. The molecular weight excluding hydrogens is 328 g/mol. The molecule has 0 unspecified atom stereocenters. The zero-order valence-electron chi connectivity index (χ0n) is 13.9. The Bertz CT molecular complexity index is 850. The molecule has 0 saturated carbocycles. The summed E-state index contributed by atoms with van der Waals surface area (Å²) < 4.78 is 21.6. The van der Waals surface area contributed by atoms with Crippen LogP contribution in [0.15, 0.2) is 30.0 Å². The fourth-order valence-electron chi connectivity index (χ4n) is 2.43. The second-order valence-electron chi connectivity index (χ2n) is 5.17. The summed E-state index contributed by atoms with van der Waals surface area (Å²) in [4.78, 5) is 27.8. The number of hydrogen-bond acceptors (Lipinski definition) is 7. The van der Waals surface area contributed by atoms with Gasteiger partial charge in [-0.2, -0.15) is 0 Å². The fraction of sp³-hybridized carbons (Fsp3) is 0.235. The molecule has 8 heteroatoms. The molecule has 25 heavy (non-hydrogen) atoms. The Balaban J connectivity index is 1.99. The number of carbonyl (C=O) groups is 2. The Kier molecular flexibility index (Phi) is 4.42. The molecule has 0 aliphatic carbocycles. The first kappa shape index (κ1) is 16.6. The van der Waals surface area contributed by atoms with Gasteiger partial charge in [0.05, 0.1) is 26.1 Å². The van der Waals surface area contributed by atoms with Crippen molar-refractivity contribution in [1.29, 1.82) is 0 Å². The van der Waals surface area contributed by atoms with Crippen molar-refractivity contribution in [2.45, 2.75) is 0 Å². The van der Waals surface area contributed by atoms with Crippen LogP contribution in [0.5, 0.6) is 11.5 Å². The van der Waals surface area contributed by atoms with Crippen LogP contribution in [-0.4, -0.2) is 42.5 Å². The number of esters is 2. The fourth-order valence-corrected chi connectivity index (χ4v) is 2.43. The molecule has 1 aliphatic rings. The van der Waals surface area contributed by atoms with Crippen molar-refractivity contribution in [3.8, 4) is 22.8 Å². The number of rotatable bonds is 4. The first-order chi connectivity index (χ1) is 12.0. The lowest BCUT2D eigenvalue weighted by Crippen LogP contribution is -2.16. The number of methoxy groups -OCH3 is 2. The lowest BCUT2D eigenvalue weighted by atomic mass is 10.1. The molecule has 0 saturated heterocycles. The summed E-state index contributed by atoms with van der Waals surface area (Å²) in [6, 6.07) is 5.53. The van der Waals surface area contributed by atoms with Crippen molar-refractivity contribution in [2.75, 3.05) is 21.0 Å². The Morgan fingerprint density at radius 2 is 1.84 bits per heavy atom. The van der Waals surface area contributed by atoms with Gasteiger partial charge in [-0.25, -0.2) is 14.6 Å². The normalized spacial score (nSPS) is 11.8. The van der Waals surface area contributed by atoms with E-state index in [-0.39, 0.29) is 12.4 Å². The first-order valence-corrected chi connectivity index (χ1v) is 7.35. The van der Waals surface area contributed by atoms with Gasteiger partial charge in [0.25, 0.3) is 0 Å². The molecule has 0 spiro atoms. The van der Waals surface area contributed by atoms with Gasteiger partial charge in [0.2, 0.25) is 6.79 Å². The van der Waals surface area contributed by atoms with Crippen LogP contribution in [-0.2, 0) is 26.1 Å². The van der Waals surface area contributed by atoms with Gasteiger partial charge in [0, 0.05) is 18.7 Å². The van der Waals surface area contributed by atoms with Crippen molar-refractivity contribution in [3.05, 3.63) is 35.8 Å². The van der Waals surface area contributed by atoms with Gasteiger partial charge < -0.3 is 23.5 Å². The number of nitrogens with zero attached hydrogens (tertiary/aromatic N) is 2. The topological polar surface area (TPSA) is 88.9 Å². The quantitative estimate of drug-likeness (QED) is 0.360. The molecule has 3 rings (SSSR count). The minimum atomic E-state index is -0.792. The first-order valence-electron chi connectivity index (χ1n) is 7.35. The molecule has 0 radical (unpaired) electrons. The van der Waals surface area contributed by atoms with Crippen molar-refractivity contribution >= 4 is 18.0 Å². The second kappa shape index (κ2) is 6.68. The molecule has 130 valence electrons. The Hall–Kier alpha value is -3.29.